The van der Waals surface area contributed by atoms with Crippen LogP contribution < -0.4 is 10.2 Å². The maximum atomic E-state index is 12.5. The monoisotopic (exact) mass is 440 g/mol. The topological polar surface area (TPSA) is 102 Å². The third-order valence-electron chi connectivity index (χ3n) is 5.44. The first-order valence-electron chi connectivity index (χ1n) is 10.1. The standard InChI is InChI=1S/C21H24N6O3S/c1-14-3-4-17(9-15(14)2)30-10-19(28)26-7-5-16(6-8-26)21-24-18(11-31-21)20(29)25-27-12-22-23-13-27/h3-4,9,11-13,16H,5-8,10H2,1-2H3,(H,25,29). The van der Waals surface area contributed by atoms with Crippen molar-refractivity contribution in [3.05, 3.63) is 58.1 Å². The largest absolute Gasteiger partial charge is 0.484 e. The van der Waals surface area contributed by atoms with Crippen LogP contribution in [-0.4, -0.2) is 56.3 Å². The van der Waals surface area contributed by atoms with Crippen LogP contribution in [0.1, 0.15) is 45.4 Å². The van der Waals surface area contributed by atoms with Crippen LogP contribution >= 0.6 is 11.3 Å². The lowest BCUT2D eigenvalue weighted by Crippen LogP contribution is -2.40. The summed E-state index contributed by atoms with van der Waals surface area (Å²) in [5.74, 6) is 0.640. The van der Waals surface area contributed by atoms with Crippen molar-refractivity contribution < 1.29 is 14.3 Å². The average molecular weight is 441 g/mol. The zero-order chi connectivity index (χ0) is 21.8. The molecule has 0 aliphatic carbocycles. The SMILES string of the molecule is Cc1ccc(OCC(=O)N2CCC(c3nc(C(=O)Nn4cnnc4)cs3)CC2)cc1C. The molecule has 1 fully saturated rings. The second kappa shape index (κ2) is 9.25. The van der Waals surface area contributed by atoms with Crippen molar-refractivity contribution in [2.75, 3.05) is 25.1 Å². The summed E-state index contributed by atoms with van der Waals surface area (Å²) in [5.41, 5.74) is 5.35. The van der Waals surface area contributed by atoms with E-state index in [2.05, 4.69) is 20.6 Å². The zero-order valence-corrected chi connectivity index (χ0v) is 18.3. The zero-order valence-electron chi connectivity index (χ0n) is 17.4. The van der Waals surface area contributed by atoms with Crippen LogP contribution in [0.5, 0.6) is 5.75 Å². The van der Waals surface area contributed by atoms with Gasteiger partial charge in [0.2, 0.25) is 0 Å². The van der Waals surface area contributed by atoms with Gasteiger partial charge in [-0.15, -0.1) is 21.5 Å². The van der Waals surface area contributed by atoms with Crippen molar-refractivity contribution in [2.24, 2.45) is 0 Å². The summed E-state index contributed by atoms with van der Waals surface area (Å²) in [6, 6.07) is 5.84. The molecule has 1 saturated heterocycles. The number of carbonyl (C=O) groups excluding carboxylic acids is 2. The number of nitrogens with zero attached hydrogens (tertiary/aromatic N) is 5. The summed E-state index contributed by atoms with van der Waals surface area (Å²) in [6.07, 6.45) is 4.44. The molecule has 31 heavy (non-hydrogen) atoms. The van der Waals surface area contributed by atoms with Gasteiger partial charge in [-0.2, -0.15) is 0 Å². The van der Waals surface area contributed by atoms with Gasteiger partial charge in [0, 0.05) is 24.4 Å². The fourth-order valence-corrected chi connectivity index (χ4v) is 4.40. The van der Waals surface area contributed by atoms with Crippen LogP contribution in [0.4, 0.5) is 0 Å². The average Bonchev–Trinajstić information content (AvgIpc) is 3.47. The second-order valence-corrected chi connectivity index (χ2v) is 8.46. The summed E-state index contributed by atoms with van der Waals surface area (Å²) in [5, 5.41) is 9.97. The molecule has 162 valence electrons. The van der Waals surface area contributed by atoms with Crippen molar-refractivity contribution in [3.63, 3.8) is 0 Å². The van der Waals surface area contributed by atoms with E-state index in [0.717, 1.165) is 23.4 Å². The van der Waals surface area contributed by atoms with Crippen molar-refractivity contribution in [1.29, 1.82) is 0 Å². The number of carbonyl (C=O) groups is 2. The minimum atomic E-state index is -0.307. The van der Waals surface area contributed by atoms with Gasteiger partial charge in [-0.3, -0.25) is 15.0 Å². The Balaban J connectivity index is 1.26. The van der Waals surface area contributed by atoms with Crippen molar-refractivity contribution >= 4 is 23.2 Å². The van der Waals surface area contributed by atoms with Crippen LogP contribution in [0, 0.1) is 13.8 Å². The summed E-state index contributed by atoms with van der Waals surface area (Å²) >= 11 is 1.48. The molecule has 1 aliphatic heterocycles. The van der Waals surface area contributed by atoms with E-state index in [1.165, 1.54) is 34.2 Å². The molecule has 0 spiro atoms. The van der Waals surface area contributed by atoms with E-state index in [9.17, 15) is 9.59 Å². The van der Waals surface area contributed by atoms with Crippen molar-refractivity contribution in [3.8, 4) is 5.75 Å². The Morgan fingerprint density at radius 3 is 2.61 bits per heavy atom. The number of amides is 2. The molecule has 2 aromatic heterocycles. The van der Waals surface area contributed by atoms with E-state index >= 15 is 0 Å². The molecule has 3 aromatic rings. The molecule has 1 aliphatic rings. The molecule has 0 bridgehead atoms. The molecule has 1 aromatic carbocycles. The van der Waals surface area contributed by atoms with Gasteiger partial charge in [0.25, 0.3) is 11.8 Å². The van der Waals surface area contributed by atoms with E-state index in [-0.39, 0.29) is 24.3 Å². The molecule has 2 amide bonds. The second-order valence-electron chi connectivity index (χ2n) is 7.57. The number of hydrogen-bond donors (Lipinski definition) is 1. The molecule has 10 heteroatoms. The normalized spacial score (nSPS) is 14.5. The maximum absolute atomic E-state index is 12.5. The van der Waals surface area contributed by atoms with Crippen molar-refractivity contribution in [1.82, 2.24) is 24.8 Å². The first-order valence-corrected chi connectivity index (χ1v) is 11.0. The number of benzene rings is 1. The lowest BCUT2D eigenvalue weighted by atomic mass is 9.97. The molecule has 9 nitrogen and oxygen atoms in total. The fourth-order valence-electron chi connectivity index (χ4n) is 3.43. The number of piperidine rings is 1. The van der Waals surface area contributed by atoms with Crippen LogP contribution in [0.15, 0.2) is 36.2 Å². The minimum absolute atomic E-state index is 0.00942. The Bertz CT molecular complexity index is 1060. The van der Waals surface area contributed by atoms with Crippen LogP contribution in [0.2, 0.25) is 0 Å². The third-order valence-corrected chi connectivity index (χ3v) is 6.45. The minimum Gasteiger partial charge on any atom is -0.484 e. The smallest absolute Gasteiger partial charge is 0.289 e. The molecule has 0 unspecified atom stereocenters. The molecular formula is C21H24N6O3S. The van der Waals surface area contributed by atoms with Gasteiger partial charge < -0.3 is 9.64 Å². The highest BCUT2D eigenvalue weighted by molar-refractivity contribution is 7.09. The Kier molecular flexibility index (Phi) is 6.26. The quantitative estimate of drug-likeness (QED) is 0.632. The van der Waals surface area contributed by atoms with Gasteiger partial charge in [-0.25, -0.2) is 9.66 Å². The number of aromatic nitrogens is 4. The van der Waals surface area contributed by atoms with E-state index in [4.69, 9.17) is 4.74 Å². The predicted molar refractivity (Wildman–Crippen MR) is 116 cm³/mol. The Morgan fingerprint density at radius 1 is 1.16 bits per heavy atom. The van der Waals surface area contributed by atoms with E-state index in [0.29, 0.717) is 24.5 Å². The molecule has 4 rings (SSSR count). The van der Waals surface area contributed by atoms with Crippen LogP contribution in [0.3, 0.4) is 0 Å². The number of nitrogens with one attached hydrogen (secondary N) is 1. The Labute approximate surface area is 184 Å². The Morgan fingerprint density at radius 2 is 1.90 bits per heavy atom. The molecule has 0 atom stereocenters. The summed E-state index contributed by atoms with van der Waals surface area (Å²) in [6.45, 7) is 5.42. The van der Waals surface area contributed by atoms with Gasteiger partial charge in [0.1, 0.15) is 24.1 Å². The summed E-state index contributed by atoms with van der Waals surface area (Å²) in [4.78, 5) is 31.1. The predicted octanol–water partition coefficient (Wildman–Crippen LogP) is 2.52. The van der Waals surface area contributed by atoms with Crippen molar-refractivity contribution in [2.45, 2.75) is 32.6 Å². The van der Waals surface area contributed by atoms with Gasteiger partial charge in [0.15, 0.2) is 6.61 Å². The molecule has 3 heterocycles. The van der Waals surface area contributed by atoms with Gasteiger partial charge in [-0.05, 0) is 49.9 Å². The molecular weight excluding hydrogens is 416 g/mol. The first kappa shape index (κ1) is 21.0. The van der Waals surface area contributed by atoms with Gasteiger partial charge >= 0.3 is 0 Å². The lowest BCUT2D eigenvalue weighted by Gasteiger charge is -2.31. The van der Waals surface area contributed by atoms with Gasteiger partial charge in [0.05, 0.1) is 5.01 Å². The number of ether oxygens (including phenoxy) is 1. The number of likely N-dealkylation sites (tertiary alicyclic amines) is 1. The van der Waals surface area contributed by atoms with E-state index < -0.39 is 0 Å². The number of rotatable bonds is 6. The summed E-state index contributed by atoms with van der Waals surface area (Å²) < 4.78 is 7.06. The highest BCUT2D eigenvalue weighted by atomic mass is 32.1. The van der Waals surface area contributed by atoms with E-state index in [1.54, 1.807) is 5.38 Å². The van der Waals surface area contributed by atoms with Gasteiger partial charge in [-0.1, -0.05) is 6.07 Å². The first-order chi connectivity index (χ1) is 15.0. The van der Waals surface area contributed by atoms with Crippen LogP contribution in [-0.2, 0) is 4.79 Å². The Hall–Kier alpha value is -3.27. The third kappa shape index (κ3) is 5.08. The van der Waals surface area contributed by atoms with E-state index in [1.807, 2.05) is 36.9 Å². The lowest BCUT2D eigenvalue weighted by molar-refractivity contribution is -0.134. The molecule has 1 N–H and O–H groups in total. The highest BCUT2D eigenvalue weighted by Crippen LogP contribution is 2.30. The fraction of sp³-hybridized carbons (Fsp3) is 0.381. The number of hydrogen-bond acceptors (Lipinski definition) is 7. The number of thiazole rings is 1. The number of aryl methyl sites for hydroxylation is 2. The summed E-state index contributed by atoms with van der Waals surface area (Å²) in [7, 11) is 0. The van der Waals surface area contributed by atoms with Crippen LogP contribution in [0.25, 0.3) is 0 Å². The maximum Gasteiger partial charge on any atom is 0.289 e. The molecule has 0 radical (unpaired) electrons. The molecule has 0 saturated carbocycles. The highest BCUT2D eigenvalue weighted by Gasteiger charge is 2.26.